The number of nitrogens with one attached hydrogen (secondary N) is 2. The molecule has 0 aromatic heterocycles. The minimum absolute atomic E-state index is 0.155. The maximum absolute atomic E-state index is 13.3. The van der Waals surface area contributed by atoms with E-state index < -0.39 is 6.03 Å². The lowest BCUT2D eigenvalue weighted by atomic mass is 10.0. The van der Waals surface area contributed by atoms with Gasteiger partial charge in [0.1, 0.15) is 5.82 Å². The molecule has 0 bridgehead atoms. The Hall–Kier alpha value is -2.40. The van der Waals surface area contributed by atoms with Crippen LogP contribution in [0.3, 0.4) is 0 Å². The van der Waals surface area contributed by atoms with Gasteiger partial charge in [0.15, 0.2) is 0 Å². The van der Waals surface area contributed by atoms with E-state index in [4.69, 9.17) is 5.73 Å². The van der Waals surface area contributed by atoms with Crippen LogP contribution in [0.4, 0.5) is 14.9 Å². The molecule has 2 aromatic carbocycles. The van der Waals surface area contributed by atoms with Crippen LogP contribution in [0.1, 0.15) is 30.0 Å². The third-order valence-electron chi connectivity index (χ3n) is 4.09. The monoisotopic (exact) mass is 343 g/mol. The molecule has 2 amide bonds. The second-order valence-electron chi connectivity index (χ2n) is 6.44. The molecule has 0 spiro atoms. The first-order valence-corrected chi connectivity index (χ1v) is 8.58. The SMILES string of the molecule is Cc1cc(CC(C)NCCCc2cccc(NC(N)=O)c2)ccc1F. The number of urea groups is 1. The highest BCUT2D eigenvalue weighted by Crippen LogP contribution is 2.13. The number of carbonyl (C=O) groups excluding carboxylic acids is 1. The van der Waals surface area contributed by atoms with Crippen molar-refractivity contribution in [1.82, 2.24) is 5.32 Å². The van der Waals surface area contributed by atoms with E-state index >= 15 is 0 Å². The normalized spacial score (nSPS) is 12.0. The Morgan fingerprint density at radius 3 is 2.72 bits per heavy atom. The van der Waals surface area contributed by atoms with Crippen LogP contribution in [-0.2, 0) is 12.8 Å². The zero-order chi connectivity index (χ0) is 18.2. The Bertz CT molecular complexity index is 718. The van der Waals surface area contributed by atoms with Gasteiger partial charge < -0.3 is 16.4 Å². The van der Waals surface area contributed by atoms with Gasteiger partial charge in [-0.1, -0.05) is 24.3 Å². The molecule has 2 rings (SSSR count). The fraction of sp³-hybridized carbons (Fsp3) is 0.350. The van der Waals surface area contributed by atoms with E-state index in [-0.39, 0.29) is 5.82 Å². The summed E-state index contributed by atoms with van der Waals surface area (Å²) < 4.78 is 13.3. The molecule has 2 aromatic rings. The van der Waals surface area contributed by atoms with Crippen LogP contribution < -0.4 is 16.4 Å². The molecule has 0 saturated heterocycles. The van der Waals surface area contributed by atoms with E-state index in [0.29, 0.717) is 11.6 Å². The van der Waals surface area contributed by atoms with E-state index in [9.17, 15) is 9.18 Å². The topological polar surface area (TPSA) is 67.2 Å². The van der Waals surface area contributed by atoms with Crippen molar-refractivity contribution in [3.05, 3.63) is 65.0 Å². The van der Waals surface area contributed by atoms with E-state index in [2.05, 4.69) is 17.6 Å². The van der Waals surface area contributed by atoms with Crippen molar-refractivity contribution < 1.29 is 9.18 Å². The minimum atomic E-state index is -0.552. The predicted molar refractivity (Wildman–Crippen MR) is 100 cm³/mol. The summed E-state index contributed by atoms with van der Waals surface area (Å²) in [6.07, 6.45) is 2.79. The zero-order valence-corrected chi connectivity index (χ0v) is 14.8. The Kier molecular flexibility index (Phi) is 6.95. The number of hydrogen-bond donors (Lipinski definition) is 3. The van der Waals surface area contributed by atoms with Crippen molar-refractivity contribution in [3.8, 4) is 0 Å². The Balaban J connectivity index is 1.73. The highest BCUT2D eigenvalue weighted by atomic mass is 19.1. The number of rotatable bonds is 8. The van der Waals surface area contributed by atoms with Crippen LogP contribution in [-0.4, -0.2) is 18.6 Å². The van der Waals surface area contributed by atoms with Gasteiger partial charge in [-0.15, -0.1) is 0 Å². The summed E-state index contributed by atoms with van der Waals surface area (Å²) in [5, 5.41) is 6.08. The molecule has 134 valence electrons. The molecule has 0 aliphatic carbocycles. The molecular weight excluding hydrogens is 317 g/mol. The van der Waals surface area contributed by atoms with Gasteiger partial charge in [0.25, 0.3) is 0 Å². The highest BCUT2D eigenvalue weighted by molar-refractivity contribution is 5.87. The smallest absolute Gasteiger partial charge is 0.316 e. The van der Waals surface area contributed by atoms with E-state index in [1.165, 1.54) is 6.07 Å². The summed E-state index contributed by atoms with van der Waals surface area (Å²) in [5.41, 5.74) is 8.84. The molecule has 4 N–H and O–H groups in total. The number of anilines is 1. The number of carbonyl (C=O) groups is 1. The predicted octanol–water partition coefficient (Wildman–Crippen LogP) is 3.78. The number of amides is 2. The van der Waals surface area contributed by atoms with Crippen molar-refractivity contribution in [3.63, 3.8) is 0 Å². The molecule has 0 saturated carbocycles. The average molecular weight is 343 g/mol. The van der Waals surface area contributed by atoms with Gasteiger partial charge in [-0.05, 0) is 74.5 Å². The van der Waals surface area contributed by atoms with Gasteiger partial charge >= 0.3 is 6.03 Å². The first kappa shape index (κ1) is 18.9. The molecule has 0 heterocycles. The number of nitrogens with two attached hydrogens (primary N) is 1. The summed E-state index contributed by atoms with van der Waals surface area (Å²) in [7, 11) is 0. The Morgan fingerprint density at radius 2 is 2.00 bits per heavy atom. The molecular formula is C20H26FN3O. The van der Waals surface area contributed by atoms with Crippen molar-refractivity contribution in [1.29, 1.82) is 0 Å². The zero-order valence-electron chi connectivity index (χ0n) is 14.8. The number of hydrogen-bond acceptors (Lipinski definition) is 2. The van der Waals surface area contributed by atoms with Gasteiger partial charge in [0.05, 0.1) is 0 Å². The highest BCUT2D eigenvalue weighted by Gasteiger charge is 2.05. The van der Waals surface area contributed by atoms with Crippen LogP contribution >= 0.6 is 0 Å². The third-order valence-corrected chi connectivity index (χ3v) is 4.09. The summed E-state index contributed by atoms with van der Waals surface area (Å²) >= 11 is 0. The first-order chi connectivity index (χ1) is 11.9. The molecule has 1 atom stereocenters. The number of benzene rings is 2. The lowest BCUT2D eigenvalue weighted by Crippen LogP contribution is -2.29. The molecule has 5 heteroatoms. The number of primary amides is 1. The molecule has 0 fully saturated rings. The van der Waals surface area contributed by atoms with Crippen molar-refractivity contribution in [2.24, 2.45) is 5.73 Å². The summed E-state index contributed by atoms with van der Waals surface area (Å²) in [4.78, 5) is 10.9. The third kappa shape index (κ3) is 6.55. The molecule has 4 nitrogen and oxygen atoms in total. The average Bonchev–Trinajstić information content (AvgIpc) is 2.55. The van der Waals surface area contributed by atoms with Crippen LogP contribution in [0.25, 0.3) is 0 Å². The van der Waals surface area contributed by atoms with Gasteiger partial charge in [0.2, 0.25) is 0 Å². The van der Waals surface area contributed by atoms with Gasteiger partial charge in [-0.2, -0.15) is 0 Å². The quantitative estimate of drug-likeness (QED) is 0.639. The van der Waals surface area contributed by atoms with E-state index in [1.54, 1.807) is 6.92 Å². The van der Waals surface area contributed by atoms with Gasteiger partial charge in [0, 0.05) is 11.7 Å². The van der Waals surface area contributed by atoms with E-state index in [0.717, 1.165) is 42.6 Å². The molecule has 0 aliphatic rings. The molecule has 25 heavy (non-hydrogen) atoms. The van der Waals surface area contributed by atoms with E-state index in [1.807, 2.05) is 36.4 Å². The Labute approximate surface area is 148 Å². The summed E-state index contributed by atoms with van der Waals surface area (Å²) in [5.74, 6) is -0.155. The molecule has 0 aliphatic heterocycles. The van der Waals surface area contributed by atoms with Crippen LogP contribution in [0, 0.1) is 12.7 Å². The van der Waals surface area contributed by atoms with Gasteiger partial charge in [-0.25, -0.2) is 9.18 Å². The molecule has 1 unspecified atom stereocenters. The van der Waals surface area contributed by atoms with Gasteiger partial charge in [-0.3, -0.25) is 0 Å². The van der Waals surface area contributed by atoms with Crippen molar-refractivity contribution >= 4 is 11.7 Å². The fourth-order valence-electron chi connectivity index (χ4n) is 2.85. The summed E-state index contributed by atoms with van der Waals surface area (Å²) in [6, 6.07) is 12.8. The minimum Gasteiger partial charge on any atom is -0.351 e. The Morgan fingerprint density at radius 1 is 1.20 bits per heavy atom. The number of halogens is 1. The summed E-state index contributed by atoms with van der Waals surface area (Å²) in [6.45, 7) is 4.82. The number of aryl methyl sites for hydroxylation is 2. The fourth-order valence-corrected chi connectivity index (χ4v) is 2.85. The van der Waals surface area contributed by atoms with Crippen LogP contribution in [0.5, 0.6) is 0 Å². The molecule has 0 radical (unpaired) electrons. The lowest BCUT2D eigenvalue weighted by molar-refractivity contribution is 0.259. The lowest BCUT2D eigenvalue weighted by Gasteiger charge is -2.14. The largest absolute Gasteiger partial charge is 0.351 e. The van der Waals surface area contributed by atoms with Crippen LogP contribution in [0.2, 0.25) is 0 Å². The maximum Gasteiger partial charge on any atom is 0.316 e. The second kappa shape index (κ2) is 9.18. The standard InChI is InChI=1S/C20H26FN3O/c1-14-11-17(8-9-19(14)21)12-15(2)23-10-4-6-16-5-3-7-18(13-16)24-20(22)25/h3,5,7-9,11,13,15,23H,4,6,10,12H2,1-2H3,(H3,22,24,25). The second-order valence-corrected chi connectivity index (χ2v) is 6.44. The first-order valence-electron chi connectivity index (χ1n) is 8.58. The van der Waals surface area contributed by atoms with Crippen molar-refractivity contribution in [2.75, 3.05) is 11.9 Å². The maximum atomic E-state index is 13.3. The van der Waals surface area contributed by atoms with Crippen molar-refractivity contribution in [2.45, 2.75) is 39.2 Å². The van der Waals surface area contributed by atoms with Crippen LogP contribution in [0.15, 0.2) is 42.5 Å².